The van der Waals surface area contributed by atoms with Gasteiger partial charge in [-0.05, 0) is 46.9 Å². The predicted octanol–water partition coefficient (Wildman–Crippen LogP) is 2.92. The molecule has 21 heavy (non-hydrogen) atoms. The van der Waals surface area contributed by atoms with Gasteiger partial charge >= 0.3 is 0 Å². The van der Waals surface area contributed by atoms with Gasteiger partial charge in [-0.25, -0.2) is 12.7 Å². The van der Waals surface area contributed by atoms with E-state index in [4.69, 9.17) is 10.5 Å². The molecule has 0 atom stereocenters. The zero-order valence-corrected chi connectivity index (χ0v) is 14.6. The molecule has 7 heteroatoms. The van der Waals surface area contributed by atoms with Crippen LogP contribution in [0.2, 0.25) is 0 Å². The van der Waals surface area contributed by atoms with E-state index in [2.05, 4.69) is 22.6 Å². The molecule has 0 radical (unpaired) electrons. The smallest absolute Gasteiger partial charge is 0.242 e. The molecule has 5 nitrogen and oxygen atoms in total. The van der Waals surface area contributed by atoms with Crippen LogP contribution in [0.3, 0.4) is 0 Å². The Morgan fingerprint density at radius 3 is 2.38 bits per heavy atom. The Labute approximate surface area is 137 Å². The van der Waals surface area contributed by atoms with E-state index in [-0.39, 0.29) is 4.90 Å². The minimum atomic E-state index is -3.52. The summed E-state index contributed by atoms with van der Waals surface area (Å²) in [5.74, 6) is 0.950. The number of nitrogen functional groups attached to an aromatic ring is 1. The average molecular weight is 418 g/mol. The van der Waals surface area contributed by atoms with Gasteiger partial charge in [-0.15, -0.1) is 0 Å². The van der Waals surface area contributed by atoms with Crippen molar-refractivity contribution in [3.63, 3.8) is 0 Å². The number of nitrogens with zero attached hydrogens (tertiary/aromatic N) is 1. The number of hydrogen-bond donors (Lipinski definition) is 1. The van der Waals surface area contributed by atoms with Gasteiger partial charge < -0.3 is 10.5 Å². The first kappa shape index (κ1) is 16.1. The van der Waals surface area contributed by atoms with Gasteiger partial charge in [0.15, 0.2) is 5.75 Å². The van der Waals surface area contributed by atoms with E-state index in [1.54, 1.807) is 6.07 Å². The maximum absolute atomic E-state index is 12.1. The highest BCUT2D eigenvalue weighted by Crippen LogP contribution is 2.32. The van der Waals surface area contributed by atoms with Crippen molar-refractivity contribution < 1.29 is 13.2 Å². The number of hydrogen-bond acceptors (Lipinski definition) is 4. The molecule has 0 amide bonds. The first-order valence-corrected chi connectivity index (χ1v) is 8.58. The maximum atomic E-state index is 12.1. The minimum absolute atomic E-state index is 0.141. The second kappa shape index (κ2) is 6.20. The molecule has 2 N–H and O–H groups in total. The number of rotatable bonds is 4. The Hall–Kier alpha value is -1.32. The second-order valence-electron chi connectivity index (χ2n) is 4.52. The average Bonchev–Trinajstić information content (AvgIpc) is 2.43. The summed E-state index contributed by atoms with van der Waals surface area (Å²) in [5, 5.41) is 0. The van der Waals surface area contributed by atoms with E-state index in [9.17, 15) is 8.42 Å². The first-order valence-electron chi connectivity index (χ1n) is 6.07. The van der Waals surface area contributed by atoms with E-state index >= 15 is 0 Å². The molecule has 0 saturated heterocycles. The molecule has 0 aliphatic carbocycles. The topological polar surface area (TPSA) is 72.6 Å². The minimum Gasteiger partial charge on any atom is -0.454 e. The van der Waals surface area contributed by atoms with Gasteiger partial charge in [0.1, 0.15) is 5.75 Å². The molecular formula is C14H15IN2O3S. The summed E-state index contributed by atoms with van der Waals surface area (Å²) in [6.07, 6.45) is 0. The van der Waals surface area contributed by atoms with Crippen molar-refractivity contribution in [2.75, 3.05) is 19.8 Å². The molecule has 2 aromatic rings. The van der Waals surface area contributed by atoms with Crippen LogP contribution >= 0.6 is 22.6 Å². The van der Waals surface area contributed by atoms with Crippen LogP contribution in [0.25, 0.3) is 0 Å². The lowest BCUT2D eigenvalue weighted by Gasteiger charge is -2.14. The molecule has 0 spiro atoms. The molecule has 0 aliphatic heterocycles. The summed E-state index contributed by atoms with van der Waals surface area (Å²) in [6.45, 7) is 0. The van der Waals surface area contributed by atoms with E-state index in [1.165, 1.54) is 32.3 Å². The van der Waals surface area contributed by atoms with E-state index < -0.39 is 10.0 Å². The Morgan fingerprint density at radius 2 is 1.76 bits per heavy atom. The zero-order valence-electron chi connectivity index (χ0n) is 11.6. The zero-order chi connectivity index (χ0) is 15.6. The molecule has 0 bridgehead atoms. The standard InChI is InChI=1S/C14H15IN2O3S/c1-17(2)21(18,19)10-7-8-12(16)14(9-10)20-13-6-4-3-5-11(13)15/h3-9H,16H2,1-2H3. The quantitative estimate of drug-likeness (QED) is 0.612. The lowest BCUT2D eigenvalue weighted by atomic mass is 10.3. The number of anilines is 1. The number of ether oxygens (including phenoxy) is 1. The molecule has 0 unspecified atom stereocenters. The van der Waals surface area contributed by atoms with Crippen molar-refractivity contribution >= 4 is 38.3 Å². The SMILES string of the molecule is CN(C)S(=O)(=O)c1ccc(N)c(Oc2ccccc2I)c1. The maximum Gasteiger partial charge on any atom is 0.242 e. The summed E-state index contributed by atoms with van der Waals surface area (Å²) in [7, 11) is -0.566. The van der Waals surface area contributed by atoms with Gasteiger partial charge in [0.05, 0.1) is 14.2 Å². The van der Waals surface area contributed by atoms with Crippen LogP contribution in [-0.2, 0) is 10.0 Å². The molecule has 2 rings (SSSR count). The molecule has 0 heterocycles. The predicted molar refractivity (Wildman–Crippen MR) is 91.0 cm³/mol. The van der Waals surface area contributed by atoms with Crippen molar-refractivity contribution in [2.24, 2.45) is 0 Å². The highest BCUT2D eigenvalue weighted by molar-refractivity contribution is 14.1. The third kappa shape index (κ3) is 3.47. The fourth-order valence-corrected chi connectivity index (χ4v) is 3.04. The number of halogens is 1. The van der Waals surface area contributed by atoms with Gasteiger partial charge in [-0.2, -0.15) is 0 Å². The largest absolute Gasteiger partial charge is 0.454 e. The second-order valence-corrected chi connectivity index (χ2v) is 7.83. The van der Waals surface area contributed by atoms with E-state index in [0.29, 0.717) is 17.2 Å². The lowest BCUT2D eigenvalue weighted by molar-refractivity contribution is 0.478. The lowest BCUT2D eigenvalue weighted by Crippen LogP contribution is -2.22. The van der Waals surface area contributed by atoms with Gasteiger partial charge in [0.2, 0.25) is 10.0 Å². The third-order valence-electron chi connectivity index (χ3n) is 2.82. The van der Waals surface area contributed by atoms with Crippen LogP contribution in [-0.4, -0.2) is 26.8 Å². The van der Waals surface area contributed by atoms with E-state index in [0.717, 1.165) is 7.88 Å². The summed E-state index contributed by atoms with van der Waals surface area (Å²) in [6, 6.07) is 11.9. The van der Waals surface area contributed by atoms with Crippen molar-refractivity contribution in [3.05, 3.63) is 46.0 Å². The van der Waals surface area contributed by atoms with Crippen LogP contribution < -0.4 is 10.5 Å². The van der Waals surface area contributed by atoms with Gasteiger partial charge in [-0.3, -0.25) is 0 Å². The summed E-state index contributed by atoms with van der Waals surface area (Å²) >= 11 is 2.14. The Morgan fingerprint density at radius 1 is 1.10 bits per heavy atom. The molecule has 0 saturated carbocycles. The van der Waals surface area contributed by atoms with Gasteiger partial charge in [0, 0.05) is 20.2 Å². The monoisotopic (exact) mass is 418 g/mol. The highest BCUT2D eigenvalue weighted by Gasteiger charge is 2.19. The fourth-order valence-electron chi connectivity index (χ4n) is 1.62. The number of sulfonamides is 1. The van der Waals surface area contributed by atoms with Gasteiger partial charge in [0.25, 0.3) is 0 Å². The number of para-hydroxylation sites is 1. The normalized spacial score (nSPS) is 11.6. The van der Waals surface area contributed by atoms with Crippen molar-refractivity contribution in [1.82, 2.24) is 4.31 Å². The van der Waals surface area contributed by atoms with Crippen molar-refractivity contribution in [1.29, 1.82) is 0 Å². The van der Waals surface area contributed by atoms with Crippen molar-refractivity contribution in [2.45, 2.75) is 4.90 Å². The Balaban J connectivity index is 2.44. The van der Waals surface area contributed by atoms with Crippen LogP contribution in [0, 0.1) is 3.57 Å². The Kier molecular flexibility index (Phi) is 4.74. The molecule has 0 aliphatic rings. The number of nitrogens with two attached hydrogens (primary N) is 1. The molecule has 2 aromatic carbocycles. The van der Waals surface area contributed by atoms with E-state index in [1.807, 2.05) is 18.2 Å². The van der Waals surface area contributed by atoms with Crippen LogP contribution in [0.4, 0.5) is 5.69 Å². The molecular weight excluding hydrogens is 403 g/mol. The summed E-state index contributed by atoms with van der Waals surface area (Å²) in [4.78, 5) is 0.141. The number of benzene rings is 2. The fraction of sp³-hybridized carbons (Fsp3) is 0.143. The van der Waals surface area contributed by atoms with Crippen molar-refractivity contribution in [3.8, 4) is 11.5 Å². The van der Waals surface area contributed by atoms with Crippen LogP contribution in [0.1, 0.15) is 0 Å². The molecule has 0 fully saturated rings. The summed E-state index contributed by atoms with van der Waals surface area (Å²) in [5.41, 5.74) is 6.25. The Bertz CT molecular complexity index is 761. The summed E-state index contributed by atoms with van der Waals surface area (Å²) < 4.78 is 32.1. The molecule has 0 aromatic heterocycles. The third-order valence-corrected chi connectivity index (χ3v) is 5.52. The molecule has 112 valence electrons. The first-order chi connectivity index (χ1) is 9.82. The van der Waals surface area contributed by atoms with Crippen LogP contribution in [0.15, 0.2) is 47.4 Å². The van der Waals surface area contributed by atoms with Crippen LogP contribution in [0.5, 0.6) is 11.5 Å². The highest BCUT2D eigenvalue weighted by atomic mass is 127. The van der Waals surface area contributed by atoms with Gasteiger partial charge in [-0.1, -0.05) is 12.1 Å².